The van der Waals surface area contributed by atoms with Crippen LogP contribution in [0.4, 0.5) is 0 Å². The molecule has 9 aromatic carbocycles. The molecule has 0 spiro atoms. The summed E-state index contributed by atoms with van der Waals surface area (Å²) in [6, 6.07) is 69.7. The van der Waals surface area contributed by atoms with Crippen LogP contribution in [0.25, 0.3) is 110 Å². The first-order valence-corrected chi connectivity index (χ1v) is 19.1. The van der Waals surface area contributed by atoms with E-state index in [-0.39, 0.29) is 0 Å². The van der Waals surface area contributed by atoms with Gasteiger partial charge in [-0.2, -0.15) is 0 Å². The number of rotatable bonds is 4. The van der Waals surface area contributed by atoms with Crippen molar-refractivity contribution in [1.29, 1.82) is 0 Å². The molecule has 0 N–H and O–H groups in total. The average molecular weight is 713 g/mol. The maximum absolute atomic E-state index is 5.16. The number of hydrogen-bond acceptors (Lipinski definition) is 2. The molecule has 4 nitrogen and oxygen atoms in total. The third kappa shape index (κ3) is 4.53. The number of aromatic nitrogens is 4. The molecule has 0 aliphatic carbocycles. The predicted molar refractivity (Wildman–Crippen MR) is 234 cm³/mol. The van der Waals surface area contributed by atoms with Gasteiger partial charge in [-0.15, -0.1) is 0 Å². The van der Waals surface area contributed by atoms with Crippen molar-refractivity contribution in [1.82, 2.24) is 19.1 Å². The summed E-state index contributed by atoms with van der Waals surface area (Å²) in [7, 11) is 0. The normalized spacial score (nSPS) is 11.9. The van der Waals surface area contributed by atoms with Gasteiger partial charge in [-0.1, -0.05) is 140 Å². The van der Waals surface area contributed by atoms with Gasteiger partial charge < -0.3 is 9.13 Å². The standard InChI is InChI=1S/C52H32N4/c1-2-14-35(15-3-1)52-53-43-21-10-8-19-40(43)51(54-52)34-25-28-38(29-26-34)55-45-23-12-24-46(50(45)42-31-36-16-4-5-17-37(36)32-48(42)55)56-44-22-11-9-20-41(44)49-39-18-7-6-13-33(39)27-30-47(49)56/h1-32H. The van der Waals surface area contributed by atoms with Crippen molar-refractivity contribution in [2.24, 2.45) is 0 Å². The van der Waals surface area contributed by atoms with Crippen molar-refractivity contribution >= 4 is 76.1 Å². The van der Waals surface area contributed by atoms with Gasteiger partial charge in [-0.3, -0.25) is 0 Å². The van der Waals surface area contributed by atoms with Gasteiger partial charge in [-0.25, -0.2) is 9.97 Å². The highest BCUT2D eigenvalue weighted by molar-refractivity contribution is 6.23. The Bertz CT molecular complexity index is 3520. The molecule has 0 aliphatic rings. The zero-order chi connectivity index (χ0) is 36.7. The van der Waals surface area contributed by atoms with Crippen molar-refractivity contribution in [3.05, 3.63) is 194 Å². The van der Waals surface area contributed by atoms with Gasteiger partial charge in [0, 0.05) is 43.7 Å². The maximum atomic E-state index is 5.16. The van der Waals surface area contributed by atoms with Gasteiger partial charge in [-0.05, 0) is 76.1 Å². The summed E-state index contributed by atoms with van der Waals surface area (Å²) in [4.78, 5) is 10.1. The van der Waals surface area contributed by atoms with E-state index >= 15 is 0 Å². The van der Waals surface area contributed by atoms with Gasteiger partial charge in [0.1, 0.15) is 0 Å². The Labute approximate surface area is 322 Å². The van der Waals surface area contributed by atoms with Crippen LogP contribution in [0.3, 0.4) is 0 Å². The molecule has 0 saturated carbocycles. The third-order valence-corrected chi connectivity index (χ3v) is 11.5. The summed E-state index contributed by atoms with van der Waals surface area (Å²) < 4.78 is 4.91. The number of nitrogens with zero attached hydrogens (tertiary/aromatic N) is 4. The monoisotopic (exact) mass is 712 g/mol. The average Bonchev–Trinajstić information content (AvgIpc) is 3.78. The van der Waals surface area contributed by atoms with Gasteiger partial charge in [0.05, 0.1) is 39.0 Å². The van der Waals surface area contributed by atoms with Gasteiger partial charge in [0.25, 0.3) is 0 Å². The van der Waals surface area contributed by atoms with E-state index < -0.39 is 0 Å². The molecule has 0 radical (unpaired) electrons. The molecule has 4 heteroatoms. The van der Waals surface area contributed by atoms with E-state index in [0.717, 1.165) is 44.8 Å². The van der Waals surface area contributed by atoms with Crippen LogP contribution < -0.4 is 0 Å². The summed E-state index contributed by atoms with van der Waals surface area (Å²) in [5.41, 5.74) is 10.9. The lowest BCUT2D eigenvalue weighted by Crippen LogP contribution is -1.97. The first kappa shape index (κ1) is 30.9. The lowest BCUT2D eigenvalue weighted by atomic mass is 10.0. The van der Waals surface area contributed by atoms with Crippen LogP contribution in [0.5, 0.6) is 0 Å². The Morgan fingerprint density at radius 1 is 0.339 bits per heavy atom. The van der Waals surface area contributed by atoms with E-state index in [0.29, 0.717) is 0 Å². The van der Waals surface area contributed by atoms with Crippen LogP contribution in [0.15, 0.2) is 194 Å². The topological polar surface area (TPSA) is 35.6 Å². The molecule has 0 amide bonds. The zero-order valence-corrected chi connectivity index (χ0v) is 30.3. The highest BCUT2D eigenvalue weighted by Gasteiger charge is 2.21. The minimum Gasteiger partial charge on any atom is -0.309 e. The Balaban J connectivity index is 1.12. The second-order valence-corrected chi connectivity index (χ2v) is 14.6. The number of benzene rings is 9. The molecule has 56 heavy (non-hydrogen) atoms. The van der Waals surface area contributed by atoms with Crippen LogP contribution in [0.2, 0.25) is 0 Å². The molecule has 0 atom stereocenters. The minimum atomic E-state index is 0.725. The van der Waals surface area contributed by atoms with Crippen LogP contribution in [0, 0.1) is 0 Å². The fourth-order valence-corrected chi connectivity index (χ4v) is 8.98. The van der Waals surface area contributed by atoms with Crippen LogP contribution in [-0.2, 0) is 0 Å². The Morgan fingerprint density at radius 2 is 1.00 bits per heavy atom. The fraction of sp³-hybridized carbons (Fsp3) is 0. The van der Waals surface area contributed by atoms with E-state index in [2.05, 4.69) is 179 Å². The Morgan fingerprint density at radius 3 is 1.84 bits per heavy atom. The molecule has 12 rings (SSSR count). The second kappa shape index (κ2) is 12.0. The van der Waals surface area contributed by atoms with Crippen molar-refractivity contribution in [2.45, 2.75) is 0 Å². The van der Waals surface area contributed by atoms with E-state index in [1.165, 1.54) is 65.3 Å². The zero-order valence-electron chi connectivity index (χ0n) is 30.3. The van der Waals surface area contributed by atoms with Crippen LogP contribution in [-0.4, -0.2) is 19.1 Å². The molecule has 260 valence electrons. The third-order valence-electron chi connectivity index (χ3n) is 11.5. The van der Waals surface area contributed by atoms with Gasteiger partial charge in [0.2, 0.25) is 0 Å². The number of fused-ring (bicyclic) bond motifs is 10. The Kier molecular flexibility index (Phi) is 6.60. The smallest absolute Gasteiger partial charge is 0.160 e. The summed E-state index contributed by atoms with van der Waals surface area (Å²) in [6.07, 6.45) is 0. The molecule has 0 aliphatic heterocycles. The number of para-hydroxylation sites is 2. The largest absolute Gasteiger partial charge is 0.309 e. The minimum absolute atomic E-state index is 0.725. The molecule has 3 aromatic heterocycles. The van der Waals surface area contributed by atoms with E-state index in [1.807, 2.05) is 24.3 Å². The van der Waals surface area contributed by atoms with Gasteiger partial charge >= 0.3 is 0 Å². The van der Waals surface area contributed by atoms with E-state index in [1.54, 1.807) is 0 Å². The predicted octanol–water partition coefficient (Wildman–Crippen LogP) is 13.5. The highest BCUT2D eigenvalue weighted by Crippen LogP contribution is 2.43. The molecule has 0 fully saturated rings. The lowest BCUT2D eigenvalue weighted by Gasteiger charge is -2.13. The van der Waals surface area contributed by atoms with Crippen molar-refractivity contribution in [3.63, 3.8) is 0 Å². The molecule has 0 unspecified atom stereocenters. The summed E-state index contributed by atoms with van der Waals surface area (Å²) in [5.74, 6) is 0.725. The summed E-state index contributed by atoms with van der Waals surface area (Å²) in [6.45, 7) is 0. The van der Waals surface area contributed by atoms with Crippen LogP contribution >= 0.6 is 0 Å². The van der Waals surface area contributed by atoms with Crippen molar-refractivity contribution in [3.8, 4) is 34.0 Å². The maximum Gasteiger partial charge on any atom is 0.160 e. The van der Waals surface area contributed by atoms with E-state index in [4.69, 9.17) is 9.97 Å². The lowest BCUT2D eigenvalue weighted by molar-refractivity contribution is 1.17. The first-order chi connectivity index (χ1) is 27.8. The SMILES string of the molecule is c1ccc(-c2nc(-c3ccc(-n4c5cc6ccccc6cc5c5c(-n6c7ccccc7c7c8ccccc8ccc76)cccc54)cc3)c3ccccc3n2)cc1. The van der Waals surface area contributed by atoms with Crippen molar-refractivity contribution in [2.75, 3.05) is 0 Å². The van der Waals surface area contributed by atoms with E-state index in [9.17, 15) is 0 Å². The quantitative estimate of drug-likeness (QED) is 0.182. The Hall–Kier alpha value is -7.56. The molecular formula is C52H32N4. The van der Waals surface area contributed by atoms with Crippen molar-refractivity contribution < 1.29 is 0 Å². The molecule has 12 aromatic rings. The summed E-state index contributed by atoms with van der Waals surface area (Å²) >= 11 is 0. The molecular weight excluding hydrogens is 681 g/mol. The van der Waals surface area contributed by atoms with Gasteiger partial charge in [0.15, 0.2) is 5.82 Å². The van der Waals surface area contributed by atoms with Crippen LogP contribution in [0.1, 0.15) is 0 Å². The first-order valence-electron chi connectivity index (χ1n) is 19.1. The molecule has 3 heterocycles. The fourth-order valence-electron chi connectivity index (χ4n) is 8.98. The summed E-state index contributed by atoms with van der Waals surface area (Å²) in [5, 5.41) is 11.0. The molecule has 0 bridgehead atoms. The molecule has 0 saturated heterocycles. The highest BCUT2D eigenvalue weighted by atomic mass is 15.0. The number of hydrogen-bond donors (Lipinski definition) is 0. The second-order valence-electron chi connectivity index (χ2n) is 14.6.